The maximum atomic E-state index is 10.9. The summed E-state index contributed by atoms with van der Waals surface area (Å²) in [4.78, 5) is 10.9. The van der Waals surface area contributed by atoms with Crippen LogP contribution in [0.4, 0.5) is 0 Å². The summed E-state index contributed by atoms with van der Waals surface area (Å²) >= 11 is 0. The van der Waals surface area contributed by atoms with Gasteiger partial charge < -0.3 is 4.74 Å². The fourth-order valence-electron chi connectivity index (χ4n) is 0.827. The van der Waals surface area contributed by atoms with Gasteiger partial charge in [-0.3, -0.25) is 0 Å². The van der Waals surface area contributed by atoms with E-state index in [2.05, 4.69) is 10.8 Å². The molecule has 0 aliphatic carbocycles. The highest BCUT2D eigenvalue weighted by Gasteiger charge is 2.02. The smallest absolute Gasteiger partial charge is 0.337 e. The van der Waals surface area contributed by atoms with Gasteiger partial charge in [-0.15, -0.1) is 0 Å². The van der Waals surface area contributed by atoms with Crippen LogP contribution in [0.25, 0.3) is 0 Å². The molecule has 0 aliphatic heterocycles. The molecule has 11 heavy (non-hydrogen) atoms. The third-order valence-electron chi connectivity index (χ3n) is 1.35. The molecule has 0 amide bonds. The van der Waals surface area contributed by atoms with E-state index in [1.54, 1.807) is 12.1 Å². The van der Waals surface area contributed by atoms with Crippen molar-refractivity contribution in [3.63, 3.8) is 0 Å². The molecule has 0 bridgehead atoms. The van der Waals surface area contributed by atoms with E-state index in [-0.39, 0.29) is 5.97 Å². The lowest BCUT2D eigenvalue weighted by atomic mass is 10.1. The summed E-state index contributed by atoms with van der Waals surface area (Å²) in [5.74, 6) is -0.315. The van der Waals surface area contributed by atoms with Crippen molar-refractivity contribution < 1.29 is 9.53 Å². The first-order valence-corrected chi connectivity index (χ1v) is 3.30. The standard InChI is InChI=1S/C9H9O2/c1-7-4-3-5-8(6-7)9(10)11-2/h4-6H,1-2H3. The summed E-state index contributed by atoms with van der Waals surface area (Å²) in [5.41, 5.74) is 1.56. The molecule has 0 atom stereocenters. The minimum Gasteiger partial charge on any atom is -0.465 e. The summed E-state index contributed by atoms with van der Waals surface area (Å²) in [5, 5.41) is 0. The van der Waals surface area contributed by atoms with E-state index in [1.807, 2.05) is 13.0 Å². The quantitative estimate of drug-likeness (QED) is 0.567. The van der Waals surface area contributed by atoms with Crippen LogP contribution in [0.2, 0.25) is 0 Å². The maximum Gasteiger partial charge on any atom is 0.337 e. The Morgan fingerprint density at radius 3 is 2.82 bits per heavy atom. The molecule has 0 unspecified atom stereocenters. The zero-order valence-corrected chi connectivity index (χ0v) is 6.55. The monoisotopic (exact) mass is 149 g/mol. The molecule has 2 nitrogen and oxygen atoms in total. The Hall–Kier alpha value is -1.31. The lowest BCUT2D eigenvalue weighted by Crippen LogP contribution is -2.00. The molecule has 1 aromatic carbocycles. The van der Waals surface area contributed by atoms with Gasteiger partial charge in [0, 0.05) is 0 Å². The average molecular weight is 149 g/mol. The van der Waals surface area contributed by atoms with Crippen LogP contribution >= 0.6 is 0 Å². The number of hydrogen-bond acceptors (Lipinski definition) is 2. The number of rotatable bonds is 1. The molecule has 0 aliphatic rings. The third-order valence-corrected chi connectivity index (χ3v) is 1.35. The first-order valence-electron chi connectivity index (χ1n) is 3.30. The van der Waals surface area contributed by atoms with Crippen LogP contribution in [-0.2, 0) is 4.74 Å². The van der Waals surface area contributed by atoms with Gasteiger partial charge in [-0.2, -0.15) is 0 Å². The predicted octanol–water partition coefficient (Wildman–Crippen LogP) is 1.58. The second-order valence-corrected chi connectivity index (χ2v) is 2.29. The first kappa shape index (κ1) is 7.79. The molecule has 0 spiro atoms. The van der Waals surface area contributed by atoms with Crippen molar-refractivity contribution in [3.8, 4) is 0 Å². The van der Waals surface area contributed by atoms with E-state index < -0.39 is 0 Å². The first-order chi connectivity index (χ1) is 5.24. The number of carbonyl (C=O) groups is 1. The number of esters is 1. The van der Waals surface area contributed by atoms with Crippen molar-refractivity contribution in [2.24, 2.45) is 0 Å². The molecule has 0 heterocycles. The minimum atomic E-state index is -0.315. The number of methoxy groups -OCH3 is 1. The third kappa shape index (κ3) is 1.80. The van der Waals surface area contributed by atoms with Crippen molar-refractivity contribution in [1.29, 1.82) is 0 Å². The lowest BCUT2D eigenvalue weighted by Gasteiger charge is -1.98. The Bertz CT molecular complexity index is 266. The van der Waals surface area contributed by atoms with Crippen LogP contribution in [-0.4, -0.2) is 13.1 Å². The maximum absolute atomic E-state index is 10.9. The Labute approximate surface area is 65.8 Å². The SMILES string of the molecule is COC(=O)c1c[c]cc(C)c1. The van der Waals surface area contributed by atoms with Crippen LogP contribution in [0.15, 0.2) is 18.2 Å². The summed E-state index contributed by atoms with van der Waals surface area (Å²) in [6.45, 7) is 1.91. The Balaban J connectivity index is 2.96. The zero-order chi connectivity index (χ0) is 8.27. The molecule has 0 saturated heterocycles. The molecule has 57 valence electrons. The van der Waals surface area contributed by atoms with Crippen LogP contribution in [0.5, 0.6) is 0 Å². The van der Waals surface area contributed by atoms with Crippen molar-refractivity contribution in [2.75, 3.05) is 7.11 Å². The largest absolute Gasteiger partial charge is 0.465 e. The fraction of sp³-hybridized carbons (Fsp3) is 0.222. The van der Waals surface area contributed by atoms with Gasteiger partial charge in [0.2, 0.25) is 0 Å². The zero-order valence-electron chi connectivity index (χ0n) is 6.55. The van der Waals surface area contributed by atoms with Gasteiger partial charge >= 0.3 is 5.97 Å². The van der Waals surface area contributed by atoms with Gasteiger partial charge in [0.05, 0.1) is 12.7 Å². The van der Waals surface area contributed by atoms with Crippen molar-refractivity contribution in [2.45, 2.75) is 6.92 Å². The lowest BCUT2D eigenvalue weighted by molar-refractivity contribution is 0.0600. The highest BCUT2D eigenvalue weighted by molar-refractivity contribution is 5.89. The number of benzene rings is 1. The molecule has 1 radical (unpaired) electrons. The van der Waals surface area contributed by atoms with E-state index in [9.17, 15) is 4.79 Å². The molecular weight excluding hydrogens is 140 g/mol. The van der Waals surface area contributed by atoms with Gasteiger partial charge in [-0.1, -0.05) is 6.07 Å². The van der Waals surface area contributed by atoms with Crippen LogP contribution in [0.1, 0.15) is 15.9 Å². The van der Waals surface area contributed by atoms with Crippen molar-refractivity contribution >= 4 is 5.97 Å². The van der Waals surface area contributed by atoms with Crippen LogP contribution in [0.3, 0.4) is 0 Å². The van der Waals surface area contributed by atoms with E-state index in [0.717, 1.165) is 5.56 Å². The Morgan fingerprint density at radius 1 is 1.55 bits per heavy atom. The van der Waals surface area contributed by atoms with Gasteiger partial charge in [0.25, 0.3) is 0 Å². The van der Waals surface area contributed by atoms with Crippen LogP contribution < -0.4 is 0 Å². The number of ether oxygens (including phenoxy) is 1. The normalized spacial score (nSPS) is 9.27. The fourth-order valence-corrected chi connectivity index (χ4v) is 0.827. The Kier molecular flexibility index (Phi) is 2.26. The number of aryl methyl sites for hydroxylation is 1. The summed E-state index contributed by atoms with van der Waals surface area (Å²) < 4.78 is 4.53. The van der Waals surface area contributed by atoms with E-state index in [0.29, 0.717) is 5.56 Å². The van der Waals surface area contributed by atoms with Gasteiger partial charge in [0.15, 0.2) is 0 Å². The summed E-state index contributed by atoms with van der Waals surface area (Å²) in [6.07, 6.45) is 0. The highest BCUT2D eigenvalue weighted by atomic mass is 16.5. The highest BCUT2D eigenvalue weighted by Crippen LogP contribution is 2.03. The second-order valence-electron chi connectivity index (χ2n) is 2.29. The van der Waals surface area contributed by atoms with Crippen molar-refractivity contribution in [1.82, 2.24) is 0 Å². The summed E-state index contributed by atoms with van der Waals surface area (Å²) in [6, 6.07) is 8.03. The molecule has 0 fully saturated rings. The van der Waals surface area contributed by atoms with Gasteiger partial charge in [0.1, 0.15) is 0 Å². The molecule has 1 rings (SSSR count). The van der Waals surface area contributed by atoms with Gasteiger partial charge in [-0.25, -0.2) is 4.79 Å². The predicted molar refractivity (Wildman–Crippen MR) is 41.4 cm³/mol. The van der Waals surface area contributed by atoms with E-state index >= 15 is 0 Å². The number of hydrogen-bond donors (Lipinski definition) is 0. The molecule has 0 N–H and O–H groups in total. The van der Waals surface area contributed by atoms with E-state index in [1.165, 1.54) is 7.11 Å². The van der Waals surface area contributed by atoms with Gasteiger partial charge in [-0.05, 0) is 30.7 Å². The molecule has 1 aromatic rings. The van der Waals surface area contributed by atoms with Crippen LogP contribution in [0, 0.1) is 13.0 Å². The molecular formula is C9H9O2. The second kappa shape index (κ2) is 3.19. The summed E-state index contributed by atoms with van der Waals surface area (Å²) in [7, 11) is 1.37. The minimum absolute atomic E-state index is 0.315. The molecule has 0 saturated carbocycles. The average Bonchev–Trinajstić information content (AvgIpc) is 2.03. The Morgan fingerprint density at radius 2 is 2.27 bits per heavy atom. The molecule has 0 aromatic heterocycles. The number of carbonyl (C=O) groups excluding carboxylic acids is 1. The van der Waals surface area contributed by atoms with Crippen molar-refractivity contribution in [3.05, 3.63) is 35.4 Å². The topological polar surface area (TPSA) is 26.3 Å². The molecule has 2 heteroatoms. The van der Waals surface area contributed by atoms with E-state index in [4.69, 9.17) is 0 Å².